The van der Waals surface area contributed by atoms with Crippen LogP contribution in [-0.4, -0.2) is 27.7 Å². The van der Waals surface area contributed by atoms with Gasteiger partial charge in [-0.3, -0.25) is 0 Å². The van der Waals surface area contributed by atoms with Crippen molar-refractivity contribution in [3.8, 4) is 0 Å². The van der Waals surface area contributed by atoms with Crippen LogP contribution in [0, 0.1) is 0 Å². The third-order valence-corrected chi connectivity index (χ3v) is 6.66. The zero-order valence-electron chi connectivity index (χ0n) is 10.4. The van der Waals surface area contributed by atoms with Gasteiger partial charge in [0.1, 0.15) is 0 Å². The topological polar surface area (TPSA) is 18.5 Å². The van der Waals surface area contributed by atoms with E-state index in [9.17, 15) is 0 Å². The van der Waals surface area contributed by atoms with Crippen LogP contribution >= 0.6 is 11.6 Å². The van der Waals surface area contributed by atoms with Gasteiger partial charge in [0.05, 0.1) is 0 Å². The molecule has 0 fully saturated rings. The highest BCUT2D eigenvalue weighted by Crippen LogP contribution is 2.23. The van der Waals surface area contributed by atoms with Gasteiger partial charge in [0.25, 0.3) is 0 Å². The number of hydrogen-bond acceptors (Lipinski definition) is 2. The molecule has 2 nitrogen and oxygen atoms in total. The first kappa shape index (κ1) is 15.4. The monoisotopic (exact) mass is 252 g/mol. The highest BCUT2D eigenvalue weighted by molar-refractivity contribution is 6.67. The molecule has 0 radical (unpaired) electrons. The van der Waals surface area contributed by atoms with Gasteiger partial charge in [0, 0.05) is 19.1 Å². The van der Waals surface area contributed by atoms with Gasteiger partial charge in [0.15, 0.2) is 0 Å². The van der Waals surface area contributed by atoms with E-state index in [2.05, 4.69) is 20.8 Å². The average molecular weight is 253 g/mol. The predicted molar refractivity (Wildman–Crippen MR) is 68.9 cm³/mol. The quantitative estimate of drug-likeness (QED) is 0.333. The lowest BCUT2D eigenvalue weighted by Crippen LogP contribution is -2.42. The molecule has 0 aliphatic heterocycles. The van der Waals surface area contributed by atoms with E-state index in [-0.39, 0.29) is 0 Å². The Kier molecular flexibility index (Phi) is 9.91. The first-order valence-electron chi connectivity index (χ1n) is 6.08. The maximum atomic E-state index is 5.93. The van der Waals surface area contributed by atoms with Crippen LogP contribution in [0.25, 0.3) is 0 Å². The molecule has 0 amide bonds. The van der Waals surface area contributed by atoms with Crippen LogP contribution in [0.5, 0.6) is 0 Å². The van der Waals surface area contributed by atoms with E-state index in [4.69, 9.17) is 20.5 Å². The van der Waals surface area contributed by atoms with Crippen molar-refractivity contribution in [3.63, 3.8) is 0 Å². The Morgan fingerprint density at radius 3 is 1.93 bits per heavy atom. The van der Waals surface area contributed by atoms with Gasteiger partial charge in [-0.2, -0.15) is 0 Å². The van der Waals surface area contributed by atoms with Gasteiger partial charge in [-0.1, -0.05) is 19.8 Å². The molecular formula is C11H25ClO2Si. The second kappa shape index (κ2) is 9.64. The second-order valence-corrected chi connectivity index (χ2v) is 7.45. The Labute approximate surface area is 101 Å². The molecule has 0 saturated carbocycles. The summed E-state index contributed by atoms with van der Waals surface area (Å²) in [6.45, 7) is 7.84. The van der Waals surface area contributed by atoms with E-state index >= 15 is 0 Å². The zero-order chi connectivity index (χ0) is 11.6. The van der Waals surface area contributed by atoms with Crippen molar-refractivity contribution >= 4 is 20.2 Å². The lowest BCUT2D eigenvalue weighted by molar-refractivity contribution is 0.181. The average Bonchev–Trinajstić information content (AvgIpc) is 2.19. The molecule has 0 unspecified atom stereocenters. The minimum Gasteiger partial charge on any atom is -0.394 e. The first-order valence-corrected chi connectivity index (χ1v) is 8.85. The van der Waals surface area contributed by atoms with Crippen LogP contribution in [-0.2, 0) is 8.85 Å². The molecule has 15 heavy (non-hydrogen) atoms. The molecule has 0 aliphatic carbocycles. The lowest BCUT2D eigenvalue weighted by Gasteiger charge is -2.29. The molecule has 0 aromatic rings. The summed E-state index contributed by atoms with van der Waals surface area (Å²) < 4.78 is 11.9. The smallest absolute Gasteiger partial charge is 0.338 e. The number of halogens is 1. The van der Waals surface area contributed by atoms with E-state index in [0.29, 0.717) is 0 Å². The number of hydrogen-bond donors (Lipinski definition) is 0. The van der Waals surface area contributed by atoms with Crippen LogP contribution in [0.1, 0.15) is 40.0 Å². The minimum atomic E-state index is -1.89. The molecule has 92 valence electrons. The standard InChI is InChI=1S/C11H25ClO2Si/c1-4-10-15(13-5-2,14-6-3)11-8-7-9-12/h4-11H2,1-3H3. The molecule has 0 bridgehead atoms. The Hall–Kier alpha value is 0.427. The van der Waals surface area contributed by atoms with Gasteiger partial charge in [-0.15, -0.1) is 11.6 Å². The molecule has 0 N–H and O–H groups in total. The molecule has 0 atom stereocenters. The Morgan fingerprint density at radius 2 is 1.53 bits per heavy atom. The van der Waals surface area contributed by atoms with Crippen molar-refractivity contribution in [2.24, 2.45) is 0 Å². The van der Waals surface area contributed by atoms with E-state index < -0.39 is 8.56 Å². The number of unbranched alkanes of at least 4 members (excludes halogenated alkanes) is 1. The fraction of sp³-hybridized carbons (Fsp3) is 1.00. The van der Waals surface area contributed by atoms with Crippen molar-refractivity contribution < 1.29 is 8.85 Å². The van der Waals surface area contributed by atoms with Crippen LogP contribution in [0.4, 0.5) is 0 Å². The Morgan fingerprint density at radius 1 is 0.933 bits per heavy atom. The summed E-state index contributed by atoms with van der Waals surface area (Å²) in [6, 6.07) is 2.20. The third-order valence-electron chi connectivity index (χ3n) is 2.39. The molecule has 0 saturated heterocycles. The largest absolute Gasteiger partial charge is 0.394 e. The Bertz CT molecular complexity index is 128. The second-order valence-electron chi connectivity index (χ2n) is 3.67. The summed E-state index contributed by atoms with van der Waals surface area (Å²) in [5, 5.41) is 0. The van der Waals surface area contributed by atoms with Crippen molar-refractivity contribution in [2.75, 3.05) is 19.1 Å². The molecule has 0 aromatic carbocycles. The maximum absolute atomic E-state index is 5.93. The number of alkyl halides is 1. The number of rotatable bonds is 10. The highest BCUT2D eigenvalue weighted by atomic mass is 35.5. The normalized spacial score (nSPS) is 12.0. The molecular weight excluding hydrogens is 228 g/mol. The first-order chi connectivity index (χ1) is 7.24. The van der Waals surface area contributed by atoms with Gasteiger partial charge >= 0.3 is 8.56 Å². The third kappa shape index (κ3) is 6.56. The predicted octanol–water partition coefficient (Wildman–Crippen LogP) is 3.93. The van der Waals surface area contributed by atoms with Crippen LogP contribution in [0.15, 0.2) is 0 Å². The summed E-state index contributed by atoms with van der Waals surface area (Å²) >= 11 is 5.70. The van der Waals surface area contributed by atoms with E-state index in [1.54, 1.807) is 0 Å². The molecule has 0 heterocycles. The molecule has 0 aromatic heterocycles. The van der Waals surface area contributed by atoms with Crippen molar-refractivity contribution in [1.29, 1.82) is 0 Å². The molecule has 4 heteroatoms. The van der Waals surface area contributed by atoms with E-state index in [0.717, 1.165) is 50.4 Å². The fourth-order valence-corrected chi connectivity index (χ4v) is 5.55. The lowest BCUT2D eigenvalue weighted by atomic mass is 10.4. The summed E-state index contributed by atoms with van der Waals surface area (Å²) in [5.41, 5.74) is 0. The van der Waals surface area contributed by atoms with Gasteiger partial charge < -0.3 is 8.85 Å². The highest BCUT2D eigenvalue weighted by Gasteiger charge is 2.35. The zero-order valence-corrected chi connectivity index (χ0v) is 12.1. The van der Waals surface area contributed by atoms with Gasteiger partial charge in [-0.25, -0.2) is 0 Å². The van der Waals surface area contributed by atoms with Crippen molar-refractivity contribution in [3.05, 3.63) is 0 Å². The summed E-state index contributed by atoms with van der Waals surface area (Å²) in [5.74, 6) is 0.745. The molecule has 0 aliphatic rings. The van der Waals surface area contributed by atoms with Crippen LogP contribution in [0.3, 0.4) is 0 Å². The van der Waals surface area contributed by atoms with Gasteiger partial charge in [-0.05, 0) is 32.4 Å². The molecule has 0 spiro atoms. The van der Waals surface area contributed by atoms with Gasteiger partial charge in [0.2, 0.25) is 0 Å². The summed E-state index contributed by atoms with van der Waals surface area (Å²) in [7, 11) is -1.89. The summed E-state index contributed by atoms with van der Waals surface area (Å²) in [6.07, 6.45) is 3.35. The maximum Gasteiger partial charge on any atom is 0.338 e. The van der Waals surface area contributed by atoms with Crippen molar-refractivity contribution in [2.45, 2.75) is 52.1 Å². The fourth-order valence-electron chi connectivity index (χ4n) is 1.85. The summed E-state index contributed by atoms with van der Waals surface area (Å²) in [4.78, 5) is 0. The van der Waals surface area contributed by atoms with Crippen LogP contribution < -0.4 is 0 Å². The van der Waals surface area contributed by atoms with E-state index in [1.807, 2.05) is 0 Å². The minimum absolute atomic E-state index is 0.745. The Balaban J connectivity index is 4.18. The van der Waals surface area contributed by atoms with Crippen molar-refractivity contribution in [1.82, 2.24) is 0 Å². The van der Waals surface area contributed by atoms with Crippen LogP contribution in [0.2, 0.25) is 12.1 Å². The van der Waals surface area contributed by atoms with E-state index in [1.165, 1.54) is 0 Å². The SMILES string of the molecule is CCC[Si](CCCCCl)(OCC)OCC. The molecule has 0 rings (SSSR count).